The third kappa shape index (κ3) is 2.29. The van der Waals surface area contributed by atoms with E-state index >= 15 is 0 Å². The second kappa shape index (κ2) is 5.91. The van der Waals surface area contributed by atoms with Crippen molar-refractivity contribution in [3.05, 3.63) is 23.8 Å². The molecular formula is C23H34FNO. The molecule has 3 heteroatoms. The standard InChI is InChI=1S/C23H34FNO/c1-22-9-7-16(25-11-3-4-12-25)13-15(22)5-6-17-18(22)8-10-23(2)19(17)14-20(24)21(23)26/h5,7,9,16-21,26H,3-4,6,8,10-14H2,1-2H3/t16?,17-,18+,19+,20-,21+,22+,23+/m1/s1. The molecule has 0 aromatic carbocycles. The minimum absolute atomic E-state index is 0.153. The molecule has 1 unspecified atom stereocenters. The van der Waals surface area contributed by atoms with Crippen molar-refractivity contribution in [3.8, 4) is 0 Å². The van der Waals surface area contributed by atoms with Crippen molar-refractivity contribution < 1.29 is 9.50 Å². The highest BCUT2D eigenvalue weighted by Crippen LogP contribution is 2.64. The van der Waals surface area contributed by atoms with Crippen LogP contribution in [0.3, 0.4) is 0 Å². The summed E-state index contributed by atoms with van der Waals surface area (Å²) in [7, 11) is 0. The fourth-order valence-electron chi connectivity index (χ4n) is 7.50. The molecule has 3 fully saturated rings. The third-order valence-electron chi connectivity index (χ3n) is 9.17. The molecule has 1 saturated heterocycles. The molecule has 4 aliphatic carbocycles. The van der Waals surface area contributed by atoms with E-state index in [0.29, 0.717) is 30.2 Å². The number of hydrogen-bond donors (Lipinski definition) is 1. The van der Waals surface area contributed by atoms with Crippen molar-refractivity contribution in [1.29, 1.82) is 0 Å². The van der Waals surface area contributed by atoms with Crippen molar-refractivity contribution >= 4 is 0 Å². The Labute approximate surface area is 157 Å². The van der Waals surface area contributed by atoms with Crippen LogP contribution >= 0.6 is 0 Å². The van der Waals surface area contributed by atoms with Crippen LogP contribution < -0.4 is 0 Å². The maximum Gasteiger partial charge on any atom is 0.127 e. The number of likely N-dealkylation sites (tertiary alicyclic amines) is 1. The van der Waals surface area contributed by atoms with Crippen LogP contribution in [0.2, 0.25) is 0 Å². The lowest BCUT2D eigenvalue weighted by Crippen LogP contribution is -2.51. The molecule has 144 valence electrons. The molecule has 2 saturated carbocycles. The number of rotatable bonds is 1. The maximum atomic E-state index is 14.4. The first-order chi connectivity index (χ1) is 12.4. The van der Waals surface area contributed by atoms with E-state index in [-0.39, 0.29) is 10.8 Å². The number of halogens is 1. The molecule has 26 heavy (non-hydrogen) atoms. The molecule has 0 aromatic heterocycles. The van der Waals surface area contributed by atoms with E-state index in [0.717, 1.165) is 19.3 Å². The summed E-state index contributed by atoms with van der Waals surface area (Å²) < 4.78 is 14.4. The Kier molecular flexibility index (Phi) is 3.96. The van der Waals surface area contributed by atoms with Crippen LogP contribution in [0.5, 0.6) is 0 Å². The van der Waals surface area contributed by atoms with E-state index in [1.807, 2.05) is 0 Å². The van der Waals surface area contributed by atoms with Gasteiger partial charge in [-0.3, -0.25) is 4.90 Å². The van der Waals surface area contributed by atoms with Gasteiger partial charge in [0.05, 0.1) is 6.10 Å². The Morgan fingerprint density at radius 2 is 1.96 bits per heavy atom. The summed E-state index contributed by atoms with van der Waals surface area (Å²) in [5, 5.41) is 10.5. The van der Waals surface area contributed by atoms with Gasteiger partial charge in [0.1, 0.15) is 6.17 Å². The number of aliphatic hydroxyl groups excluding tert-OH is 1. The summed E-state index contributed by atoms with van der Waals surface area (Å²) in [5.74, 6) is 1.49. The van der Waals surface area contributed by atoms with Gasteiger partial charge in [0.25, 0.3) is 0 Å². The van der Waals surface area contributed by atoms with Gasteiger partial charge in [-0.2, -0.15) is 0 Å². The fraction of sp³-hybridized carbons (Fsp3) is 0.826. The van der Waals surface area contributed by atoms with Gasteiger partial charge in [0.2, 0.25) is 0 Å². The number of aliphatic hydroxyl groups is 1. The topological polar surface area (TPSA) is 23.5 Å². The zero-order valence-corrected chi connectivity index (χ0v) is 16.3. The van der Waals surface area contributed by atoms with Gasteiger partial charge in [-0.25, -0.2) is 4.39 Å². The first-order valence-corrected chi connectivity index (χ1v) is 10.9. The van der Waals surface area contributed by atoms with Crippen LogP contribution in [0.4, 0.5) is 4.39 Å². The van der Waals surface area contributed by atoms with Crippen molar-refractivity contribution in [2.75, 3.05) is 13.1 Å². The van der Waals surface area contributed by atoms with Gasteiger partial charge in [-0.15, -0.1) is 0 Å². The van der Waals surface area contributed by atoms with Crippen molar-refractivity contribution in [2.24, 2.45) is 28.6 Å². The summed E-state index contributed by atoms with van der Waals surface area (Å²) in [6.07, 6.45) is 13.4. The quantitative estimate of drug-likeness (QED) is 0.697. The zero-order chi connectivity index (χ0) is 18.1. The van der Waals surface area contributed by atoms with Crippen LogP contribution in [0, 0.1) is 28.6 Å². The Morgan fingerprint density at radius 1 is 1.19 bits per heavy atom. The molecule has 0 spiro atoms. The second-order valence-corrected chi connectivity index (χ2v) is 10.2. The summed E-state index contributed by atoms with van der Waals surface area (Å²) >= 11 is 0. The first kappa shape index (κ1) is 17.4. The SMILES string of the molecule is C[C@]12CC[C@H]3[C@@H](CC=C4CC(N5CCCC5)C=C[C@@]43C)[C@@H]1C[C@@H](F)[C@@H]2O. The normalized spacial score (nSPS) is 53.8. The minimum Gasteiger partial charge on any atom is -0.390 e. The van der Waals surface area contributed by atoms with Crippen LogP contribution in [0.1, 0.15) is 58.8 Å². The predicted molar refractivity (Wildman–Crippen MR) is 102 cm³/mol. The predicted octanol–water partition coefficient (Wildman–Crippen LogP) is 4.50. The summed E-state index contributed by atoms with van der Waals surface area (Å²) in [4.78, 5) is 2.65. The van der Waals surface area contributed by atoms with Gasteiger partial charge in [-0.05, 0) is 81.2 Å². The van der Waals surface area contributed by atoms with E-state index in [1.165, 1.54) is 32.4 Å². The van der Waals surface area contributed by atoms with Gasteiger partial charge in [0, 0.05) is 11.5 Å². The smallest absolute Gasteiger partial charge is 0.127 e. The highest BCUT2D eigenvalue weighted by atomic mass is 19.1. The maximum absolute atomic E-state index is 14.4. The molecular weight excluding hydrogens is 325 g/mol. The fourth-order valence-corrected chi connectivity index (χ4v) is 7.50. The molecule has 5 aliphatic rings. The molecule has 2 nitrogen and oxygen atoms in total. The van der Waals surface area contributed by atoms with Crippen molar-refractivity contribution in [3.63, 3.8) is 0 Å². The number of allylic oxidation sites excluding steroid dienone is 2. The van der Waals surface area contributed by atoms with E-state index in [4.69, 9.17) is 0 Å². The highest BCUT2D eigenvalue weighted by molar-refractivity contribution is 5.34. The largest absolute Gasteiger partial charge is 0.390 e. The molecule has 8 atom stereocenters. The van der Waals surface area contributed by atoms with E-state index in [2.05, 4.69) is 37.0 Å². The van der Waals surface area contributed by atoms with Crippen LogP contribution in [0.25, 0.3) is 0 Å². The zero-order valence-electron chi connectivity index (χ0n) is 16.3. The number of hydrogen-bond acceptors (Lipinski definition) is 2. The summed E-state index contributed by atoms with van der Waals surface area (Å²) in [6.45, 7) is 7.09. The molecule has 1 aliphatic heterocycles. The van der Waals surface area contributed by atoms with Crippen molar-refractivity contribution in [1.82, 2.24) is 4.90 Å². The highest BCUT2D eigenvalue weighted by Gasteiger charge is 2.60. The lowest BCUT2D eigenvalue weighted by atomic mass is 9.49. The monoisotopic (exact) mass is 359 g/mol. The number of nitrogens with zero attached hydrogens (tertiary/aromatic N) is 1. The molecule has 1 N–H and O–H groups in total. The average Bonchev–Trinajstić information content (AvgIpc) is 3.23. The van der Waals surface area contributed by atoms with Crippen molar-refractivity contribution in [2.45, 2.75) is 77.1 Å². The summed E-state index contributed by atoms with van der Waals surface area (Å²) in [5.41, 5.74) is 1.58. The van der Waals surface area contributed by atoms with E-state index < -0.39 is 12.3 Å². The van der Waals surface area contributed by atoms with Gasteiger partial charge < -0.3 is 5.11 Å². The summed E-state index contributed by atoms with van der Waals surface area (Å²) in [6, 6.07) is 0.589. The van der Waals surface area contributed by atoms with Crippen LogP contribution in [-0.4, -0.2) is 41.4 Å². The molecule has 0 amide bonds. The third-order valence-corrected chi connectivity index (χ3v) is 9.17. The Hall–Kier alpha value is -0.670. The molecule has 5 rings (SSSR count). The Balaban J connectivity index is 1.43. The van der Waals surface area contributed by atoms with Crippen LogP contribution in [-0.2, 0) is 0 Å². The Bertz CT molecular complexity index is 638. The number of fused-ring (bicyclic) bond motifs is 5. The van der Waals surface area contributed by atoms with E-state index in [1.54, 1.807) is 5.57 Å². The Morgan fingerprint density at radius 3 is 2.73 bits per heavy atom. The molecule has 0 aromatic rings. The lowest BCUT2D eigenvalue weighted by molar-refractivity contribution is -0.0623. The lowest BCUT2D eigenvalue weighted by Gasteiger charge is -2.56. The van der Waals surface area contributed by atoms with Gasteiger partial charge >= 0.3 is 0 Å². The average molecular weight is 360 g/mol. The minimum atomic E-state index is -1.02. The molecule has 1 heterocycles. The van der Waals surface area contributed by atoms with Gasteiger partial charge in [-0.1, -0.05) is 37.6 Å². The molecule has 0 bridgehead atoms. The van der Waals surface area contributed by atoms with Gasteiger partial charge in [0.15, 0.2) is 0 Å². The second-order valence-electron chi connectivity index (χ2n) is 10.2. The van der Waals surface area contributed by atoms with E-state index in [9.17, 15) is 9.50 Å². The number of alkyl halides is 1. The first-order valence-electron chi connectivity index (χ1n) is 10.9. The molecule has 0 radical (unpaired) electrons. The van der Waals surface area contributed by atoms with Crippen LogP contribution in [0.15, 0.2) is 23.8 Å².